The van der Waals surface area contributed by atoms with Gasteiger partial charge in [-0.3, -0.25) is 0 Å². The molecule has 0 bridgehead atoms. The van der Waals surface area contributed by atoms with Crippen LogP contribution in [0, 0.1) is 0 Å². The molecule has 0 atom stereocenters. The molecule has 1 aliphatic rings. The third-order valence-electron chi connectivity index (χ3n) is 1.62. The summed E-state index contributed by atoms with van der Waals surface area (Å²) in [6.45, 7) is 11.9. The topological polar surface area (TPSA) is 0 Å². The van der Waals surface area contributed by atoms with Crippen molar-refractivity contribution in [2.24, 2.45) is 0 Å². The zero-order valence-corrected chi connectivity index (χ0v) is 10.2. The Labute approximate surface area is 94.5 Å². The first-order chi connectivity index (χ1) is 6.67. The predicted molar refractivity (Wildman–Crippen MR) is 70.1 cm³/mol. The molecule has 0 radical (unpaired) electrons. The van der Waals surface area contributed by atoms with Gasteiger partial charge < -0.3 is 0 Å². The van der Waals surface area contributed by atoms with Crippen LogP contribution in [0.3, 0.4) is 0 Å². The van der Waals surface area contributed by atoms with E-state index in [4.69, 9.17) is 0 Å². The fourth-order valence-corrected chi connectivity index (χ4v) is 3.14. The van der Waals surface area contributed by atoms with Crippen LogP contribution in [0.5, 0.6) is 0 Å². The van der Waals surface area contributed by atoms with E-state index in [1.807, 2.05) is 19.1 Å². The van der Waals surface area contributed by atoms with Gasteiger partial charge in [0, 0.05) is 14.7 Å². The average molecular weight is 222 g/mol. The van der Waals surface area contributed by atoms with Gasteiger partial charge in [0.25, 0.3) is 0 Å². The lowest BCUT2D eigenvalue weighted by molar-refractivity contribution is 1.66. The Morgan fingerprint density at radius 2 is 2.00 bits per heavy atom. The number of hydrogen-bond acceptors (Lipinski definition) is 2. The lowest BCUT2D eigenvalue weighted by Crippen LogP contribution is -1.75. The molecule has 0 saturated heterocycles. The second-order valence-corrected chi connectivity index (χ2v) is 5.31. The van der Waals surface area contributed by atoms with Gasteiger partial charge in [-0.15, -0.1) is 0 Å². The van der Waals surface area contributed by atoms with Gasteiger partial charge in [0.15, 0.2) is 0 Å². The van der Waals surface area contributed by atoms with E-state index in [1.165, 1.54) is 14.7 Å². The summed E-state index contributed by atoms with van der Waals surface area (Å²) in [5, 5.41) is 0. The predicted octanol–water partition coefficient (Wildman–Crippen LogP) is 4.86. The highest BCUT2D eigenvalue weighted by Crippen LogP contribution is 2.41. The summed E-state index contributed by atoms with van der Waals surface area (Å²) in [4.78, 5) is 4.78. The molecule has 0 aromatic heterocycles. The number of hydrogen-bond donors (Lipinski definition) is 0. The number of allylic oxidation sites excluding steroid dienone is 5. The smallest absolute Gasteiger partial charge is 0.0255 e. The van der Waals surface area contributed by atoms with Crippen molar-refractivity contribution in [3.05, 3.63) is 57.1 Å². The van der Waals surface area contributed by atoms with Crippen LogP contribution in [0.1, 0.15) is 13.8 Å². The molecule has 14 heavy (non-hydrogen) atoms. The molecule has 0 N–H and O–H groups in total. The molecular weight excluding hydrogens is 208 g/mol. The van der Waals surface area contributed by atoms with Crippen LogP contribution in [0.2, 0.25) is 0 Å². The Hall–Kier alpha value is -0.600. The second-order valence-electron chi connectivity index (χ2n) is 2.86. The van der Waals surface area contributed by atoms with Gasteiger partial charge in [0.05, 0.1) is 0 Å². The molecule has 0 aromatic carbocycles. The quantitative estimate of drug-likeness (QED) is 0.654. The Kier molecular flexibility index (Phi) is 4.36. The molecule has 1 heterocycles. The number of thioether (sulfide) groups is 2. The maximum Gasteiger partial charge on any atom is 0.0255 e. The standard InChI is InChI=1S/C12H14S2/c1-5-7-12-11(6-2)13-9(3)8-10(4)14-12/h5-8H,2-3H2,1,4H3/b7-5-. The van der Waals surface area contributed by atoms with Crippen molar-refractivity contribution in [3.8, 4) is 0 Å². The molecule has 1 aliphatic heterocycles. The lowest BCUT2D eigenvalue weighted by atomic mass is 10.4. The second kappa shape index (κ2) is 5.32. The van der Waals surface area contributed by atoms with Gasteiger partial charge in [-0.2, -0.15) is 0 Å². The molecule has 74 valence electrons. The van der Waals surface area contributed by atoms with Gasteiger partial charge in [-0.25, -0.2) is 0 Å². The molecule has 1 rings (SSSR count). The third kappa shape index (κ3) is 2.96. The minimum Gasteiger partial charge on any atom is -0.0979 e. The Bertz CT molecular complexity index is 343. The maximum absolute atomic E-state index is 3.98. The minimum absolute atomic E-state index is 1.07. The molecule has 0 aliphatic carbocycles. The highest BCUT2D eigenvalue weighted by Gasteiger charge is 2.09. The maximum atomic E-state index is 3.98. The summed E-state index contributed by atoms with van der Waals surface area (Å²) in [7, 11) is 0. The van der Waals surface area contributed by atoms with Crippen molar-refractivity contribution >= 4 is 23.5 Å². The number of rotatable bonds is 2. The fraction of sp³-hybridized carbons (Fsp3) is 0.167. The van der Waals surface area contributed by atoms with Crippen molar-refractivity contribution in [3.63, 3.8) is 0 Å². The van der Waals surface area contributed by atoms with E-state index in [-0.39, 0.29) is 0 Å². The zero-order chi connectivity index (χ0) is 10.6. The van der Waals surface area contributed by atoms with Crippen LogP contribution in [0.4, 0.5) is 0 Å². The summed E-state index contributed by atoms with van der Waals surface area (Å²) >= 11 is 3.45. The summed E-state index contributed by atoms with van der Waals surface area (Å²) in [5.41, 5.74) is 0. The van der Waals surface area contributed by atoms with Crippen LogP contribution >= 0.6 is 23.5 Å². The van der Waals surface area contributed by atoms with Crippen LogP contribution in [0.15, 0.2) is 57.1 Å². The van der Waals surface area contributed by atoms with Crippen LogP contribution < -0.4 is 0 Å². The molecule has 0 amide bonds. The van der Waals surface area contributed by atoms with Gasteiger partial charge >= 0.3 is 0 Å². The van der Waals surface area contributed by atoms with Gasteiger partial charge in [-0.05, 0) is 24.8 Å². The fourth-order valence-electron chi connectivity index (χ4n) is 1.11. The van der Waals surface area contributed by atoms with E-state index in [2.05, 4.69) is 32.2 Å². The van der Waals surface area contributed by atoms with Crippen molar-refractivity contribution in [2.75, 3.05) is 0 Å². The molecular formula is C12H14S2. The highest BCUT2D eigenvalue weighted by molar-refractivity contribution is 8.11. The van der Waals surface area contributed by atoms with E-state index in [1.54, 1.807) is 23.5 Å². The van der Waals surface area contributed by atoms with Crippen LogP contribution in [-0.4, -0.2) is 0 Å². The van der Waals surface area contributed by atoms with Gasteiger partial charge in [0.1, 0.15) is 0 Å². The van der Waals surface area contributed by atoms with Gasteiger partial charge in [-0.1, -0.05) is 54.9 Å². The lowest BCUT2D eigenvalue weighted by Gasteiger charge is -2.03. The van der Waals surface area contributed by atoms with E-state index in [0.717, 1.165) is 4.91 Å². The summed E-state index contributed by atoms with van der Waals surface area (Å²) in [5.74, 6) is 0. The monoisotopic (exact) mass is 222 g/mol. The summed E-state index contributed by atoms with van der Waals surface area (Å²) < 4.78 is 0. The van der Waals surface area contributed by atoms with Crippen molar-refractivity contribution < 1.29 is 0 Å². The molecule has 2 heteroatoms. The van der Waals surface area contributed by atoms with Crippen molar-refractivity contribution in [1.29, 1.82) is 0 Å². The van der Waals surface area contributed by atoms with Crippen LogP contribution in [-0.2, 0) is 0 Å². The SMILES string of the molecule is C=CC1=C(/C=C\C)SC(C)=CC(=C)S1. The van der Waals surface area contributed by atoms with E-state index >= 15 is 0 Å². The summed E-state index contributed by atoms with van der Waals surface area (Å²) in [6.07, 6.45) is 8.17. The highest BCUT2D eigenvalue weighted by atomic mass is 32.2. The zero-order valence-electron chi connectivity index (χ0n) is 8.54. The molecule has 0 saturated carbocycles. The largest absolute Gasteiger partial charge is 0.0979 e. The first-order valence-corrected chi connectivity index (χ1v) is 6.03. The molecule has 0 aromatic rings. The van der Waals surface area contributed by atoms with Crippen molar-refractivity contribution in [2.45, 2.75) is 13.8 Å². The summed E-state index contributed by atoms with van der Waals surface area (Å²) in [6, 6.07) is 0. The Morgan fingerprint density at radius 1 is 1.29 bits per heavy atom. The van der Waals surface area contributed by atoms with E-state index in [9.17, 15) is 0 Å². The molecule has 0 spiro atoms. The average Bonchev–Trinajstić information content (AvgIpc) is 2.25. The van der Waals surface area contributed by atoms with E-state index in [0.29, 0.717) is 0 Å². The van der Waals surface area contributed by atoms with Crippen LogP contribution in [0.25, 0.3) is 0 Å². The normalized spacial score (nSPS) is 18.4. The first kappa shape index (κ1) is 11.5. The first-order valence-electron chi connectivity index (χ1n) is 4.39. The third-order valence-corrected chi connectivity index (χ3v) is 3.75. The minimum atomic E-state index is 1.07. The molecule has 0 fully saturated rings. The van der Waals surface area contributed by atoms with E-state index < -0.39 is 0 Å². The molecule has 0 unspecified atom stereocenters. The Balaban J connectivity index is 3.09. The van der Waals surface area contributed by atoms with Crippen molar-refractivity contribution in [1.82, 2.24) is 0 Å². The van der Waals surface area contributed by atoms with Gasteiger partial charge in [0.2, 0.25) is 0 Å². The Morgan fingerprint density at radius 3 is 2.57 bits per heavy atom. The molecule has 0 nitrogen and oxygen atoms in total.